The van der Waals surface area contributed by atoms with Crippen molar-refractivity contribution in [3.05, 3.63) is 52.5 Å². The lowest BCUT2D eigenvalue weighted by molar-refractivity contribution is -0.131. The Kier molecular flexibility index (Phi) is 7.21. The Hall–Kier alpha value is -2.73. The van der Waals surface area contributed by atoms with E-state index in [9.17, 15) is 9.59 Å². The van der Waals surface area contributed by atoms with Gasteiger partial charge in [0.2, 0.25) is 5.91 Å². The maximum Gasteiger partial charge on any atom is 0.259 e. The van der Waals surface area contributed by atoms with Crippen LogP contribution in [0.3, 0.4) is 0 Å². The van der Waals surface area contributed by atoms with E-state index in [1.807, 2.05) is 43.0 Å². The first-order valence-corrected chi connectivity index (χ1v) is 10.6. The quantitative estimate of drug-likeness (QED) is 0.741. The van der Waals surface area contributed by atoms with Crippen molar-refractivity contribution in [3.8, 4) is 5.75 Å². The van der Waals surface area contributed by atoms with Gasteiger partial charge in [-0.15, -0.1) is 0 Å². The molecule has 7 heteroatoms. The van der Waals surface area contributed by atoms with Crippen LogP contribution in [0.1, 0.15) is 35.7 Å². The third kappa shape index (κ3) is 4.87. The van der Waals surface area contributed by atoms with Gasteiger partial charge in [0.1, 0.15) is 5.75 Å². The number of piperazine rings is 1. The van der Waals surface area contributed by atoms with E-state index < -0.39 is 0 Å². The number of methoxy groups -OCH3 is 1. The van der Waals surface area contributed by atoms with E-state index in [1.54, 1.807) is 19.2 Å². The molecule has 30 heavy (non-hydrogen) atoms. The van der Waals surface area contributed by atoms with E-state index in [-0.39, 0.29) is 11.8 Å². The van der Waals surface area contributed by atoms with Crippen LogP contribution < -0.4 is 15.0 Å². The number of carbonyl (C=O) groups excluding carboxylic acids is 2. The Balaban J connectivity index is 1.67. The number of ether oxygens (including phenoxy) is 1. The van der Waals surface area contributed by atoms with Crippen molar-refractivity contribution in [2.75, 3.05) is 43.5 Å². The fourth-order valence-electron chi connectivity index (χ4n) is 3.71. The normalized spacial score (nSPS) is 13.9. The van der Waals surface area contributed by atoms with Gasteiger partial charge in [-0.05, 0) is 43.2 Å². The second-order valence-electron chi connectivity index (χ2n) is 7.39. The summed E-state index contributed by atoms with van der Waals surface area (Å²) >= 11 is 6.53. The smallest absolute Gasteiger partial charge is 0.259 e. The molecule has 2 aromatic rings. The van der Waals surface area contributed by atoms with Gasteiger partial charge in [-0.3, -0.25) is 9.59 Å². The molecule has 0 aliphatic carbocycles. The topological polar surface area (TPSA) is 61.9 Å². The molecule has 1 fully saturated rings. The summed E-state index contributed by atoms with van der Waals surface area (Å²) in [5, 5.41) is 3.46. The number of amides is 2. The predicted octanol–water partition coefficient (Wildman–Crippen LogP) is 4.36. The number of carbonyl (C=O) groups is 2. The van der Waals surface area contributed by atoms with E-state index in [4.69, 9.17) is 16.3 Å². The summed E-state index contributed by atoms with van der Waals surface area (Å²) in [5.74, 6) is 0.531. The SMILES string of the molecule is CCCC(=O)N1CCN(c2ccc(NC(=O)c3cccc(C)c3OC)cc2Cl)CC1. The molecule has 1 aliphatic heterocycles. The number of aryl methyl sites for hydroxylation is 1. The van der Waals surface area contributed by atoms with Gasteiger partial charge in [-0.1, -0.05) is 30.7 Å². The summed E-state index contributed by atoms with van der Waals surface area (Å²) < 4.78 is 5.38. The summed E-state index contributed by atoms with van der Waals surface area (Å²) in [6, 6.07) is 11.0. The Morgan fingerprint density at radius 2 is 1.87 bits per heavy atom. The first-order chi connectivity index (χ1) is 14.4. The van der Waals surface area contributed by atoms with Crippen molar-refractivity contribution in [1.29, 1.82) is 0 Å². The van der Waals surface area contributed by atoms with E-state index in [1.165, 1.54) is 0 Å². The second kappa shape index (κ2) is 9.85. The summed E-state index contributed by atoms with van der Waals surface area (Å²) in [6.45, 7) is 6.78. The van der Waals surface area contributed by atoms with Crippen molar-refractivity contribution in [1.82, 2.24) is 4.90 Å². The van der Waals surface area contributed by atoms with E-state index in [0.717, 1.165) is 30.8 Å². The summed E-state index contributed by atoms with van der Waals surface area (Å²) in [6.07, 6.45) is 1.47. The highest BCUT2D eigenvalue weighted by Gasteiger charge is 2.22. The van der Waals surface area contributed by atoms with E-state index in [2.05, 4.69) is 10.2 Å². The standard InChI is InChI=1S/C23H28ClN3O3/c1-4-6-21(28)27-13-11-26(12-14-27)20-10-9-17(15-19(20)24)25-23(29)18-8-5-7-16(2)22(18)30-3/h5,7-10,15H,4,6,11-14H2,1-3H3,(H,25,29). The van der Waals surface area contributed by atoms with E-state index >= 15 is 0 Å². The molecule has 2 aromatic carbocycles. The largest absolute Gasteiger partial charge is 0.496 e. The molecule has 0 spiro atoms. The number of nitrogens with one attached hydrogen (secondary N) is 1. The molecule has 6 nitrogen and oxygen atoms in total. The summed E-state index contributed by atoms with van der Waals surface area (Å²) in [4.78, 5) is 28.9. The maximum absolute atomic E-state index is 12.7. The van der Waals surface area contributed by atoms with Crippen LogP contribution in [0.4, 0.5) is 11.4 Å². The monoisotopic (exact) mass is 429 g/mol. The second-order valence-corrected chi connectivity index (χ2v) is 7.80. The maximum atomic E-state index is 12.7. The number of anilines is 2. The van der Waals surface area contributed by atoms with Crippen molar-refractivity contribution >= 4 is 34.8 Å². The summed E-state index contributed by atoms with van der Waals surface area (Å²) in [7, 11) is 1.56. The molecule has 1 aliphatic rings. The van der Waals surface area contributed by atoms with Gasteiger partial charge < -0.3 is 19.9 Å². The Morgan fingerprint density at radius 3 is 2.50 bits per heavy atom. The highest BCUT2D eigenvalue weighted by molar-refractivity contribution is 6.33. The number of halogens is 1. The first-order valence-electron chi connectivity index (χ1n) is 10.2. The van der Waals surface area contributed by atoms with Crippen LogP contribution in [0.5, 0.6) is 5.75 Å². The number of benzene rings is 2. The van der Waals surface area contributed by atoms with Crippen LogP contribution in [-0.2, 0) is 4.79 Å². The first kappa shape index (κ1) is 22.0. The molecule has 1 heterocycles. The van der Waals surface area contributed by atoms with Crippen LogP contribution in [0.25, 0.3) is 0 Å². The zero-order chi connectivity index (χ0) is 21.7. The zero-order valence-corrected chi connectivity index (χ0v) is 18.5. The predicted molar refractivity (Wildman–Crippen MR) is 121 cm³/mol. The Bertz CT molecular complexity index is 924. The van der Waals surface area contributed by atoms with Crippen LogP contribution in [0, 0.1) is 6.92 Å². The third-order valence-electron chi connectivity index (χ3n) is 5.30. The minimum Gasteiger partial charge on any atom is -0.496 e. The fraction of sp³-hybridized carbons (Fsp3) is 0.391. The lowest BCUT2D eigenvalue weighted by Gasteiger charge is -2.36. The highest BCUT2D eigenvalue weighted by atomic mass is 35.5. The number of hydrogen-bond donors (Lipinski definition) is 1. The van der Waals surface area contributed by atoms with Gasteiger partial charge >= 0.3 is 0 Å². The lowest BCUT2D eigenvalue weighted by atomic mass is 10.1. The molecule has 0 saturated carbocycles. The minimum absolute atomic E-state index is 0.216. The van der Waals surface area contributed by atoms with Crippen LogP contribution >= 0.6 is 11.6 Å². The molecule has 0 aromatic heterocycles. The molecule has 0 atom stereocenters. The molecule has 0 radical (unpaired) electrons. The van der Waals surface area contributed by atoms with Gasteiger partial charge in [0.15, 0.2) is 0 Å². The third-order valence-corrected chi connectivity index (χ3v) is 5.61. The average molecular weight is 430 g/mol. The fourth-order valence-corrected chi connectivity index (χ4v) is 4.01. The van der Waals surface area contributed by atoms with Crippen LogP contribution in [-0.4, -0.2) is 50.0 Å². The molecule has 1 saturated heterocycles. The minimum atomic E-state index is -0.248. The van der Waals surface area contributed by atoms with Gasteiger partial charge in [0, 0.05) is 38.3 Å². The molecule has 1 N–H and O–H groups in total. The Morgan fingerprint density at radius 1 is 1.13 bits per heavy atom. The van der Waals surface area contributed by atoms with Gasteiger partial charge in [-0.2, -0.15) is 0 Å². The number of hydrogen-bond acceptors (Lipinski definition) is 4. The summed E-state index contributed by atoms with van der Waals surface area (Å²) in [5.41, 5.74) is 2.90. The molecule has 160 valence electrons. The number of rotatable bonds is 6. The molecule has 3 rings (SSSR count). The molecular formula is C23H28ClN3O3. The molecule has 0 bridgehead atoms. The number of nitrogens with zero attached hydrogens (tertiary/aromatic N) is 2. The molecular weight excluding hydrogens is 402 g/mol. The van der Waals surface area contributed by atoms with Crippen molar-refractivity contribution in [2.45, 2.75) is 26.7 Å². The van der Waals surface area contributed by atoms with Crippen LogP contribution in [0.2, 0.25) is 5.02 Å². The van der Waals surface area contributed by atoms with Crippen molar-refractivity contribution in [3.63, 3.8) is 0 Å². The van der Waals surface area contributed by atoms with Crippen molar-refractivity contribution in [2.24, 2.45) is 0 Å². The lowest BCUT2D eigenvalue weighted by Crippen LogP contribution is -2.48. The van der Waals surface area contributed by atoms with Gasteiger partial charge in [-0.25, -0.2) is 0 Å². The zero-order valence-electron chi connectivity index (χ0n) is 17.7. The van der Waals surface area contributed by atoms with Crippen LogP contribution in [0.15, 0.2) is 36.4 Å². The van der Waals surface area contributed by atoms with Gasteiger partial charge in [0.25, 0.3) is 5.91 Å². The highest BCUT2D eigenvalue weighted by Crippen LogP contribution is 2.31. The Labute approximate surface area is 182 Å². The molecule has 2 amide bonds. The number of para-hydroxylation sites is 1. The van der Waals surface area contributed by atoms with Crippen molar-refractivity contribution < 1.29 is 14.3 Å². The van der Waals surface area contributed by atoms with E-state index in [0.29, 0.717) is 41.5 Å². The van der Waals surface area contributed by atoms with Gasteiger partial charge in [0.05, 0.1) is 23.4 Å². The average Bonchev–Trinajstić information content (AvgIpc) is 2.74. The molecule has 0 unspecified atom stereocenters.